The Kier molecular flexibility index (Phi) is 5.31. The van der Waals surface area contributed by atoms with Crippen molar-refractivity contribution in [3.05, 3.63) is 90.5 Å². The van der Waals surface area contributed by atoms with Gasteiger partial charge in [-0.1, -0.05) is 72.4 Å². The number of aromatic nitrogens is 3. The van der Waals surface area contributed by atoms with E-state index in [4.69, 9.17) is 0 Å². The summed E-state index contributed by atoms with van der Waals surface area (Å²) in [5.74, 6) is 1.13. The Labute approximate surface area is 192 Å². The van der Waals surface area contributed by atoms with Gasteiger partial charge in [-0.3, -0.25) is 14.3 Å². The summed E-state index contributed by atoms with van der Waals surface area (Å²) in [7, 11) is 0. The molecule has 4 aromatic rings. The summed E-state index contributed by atoms with van der Waals surface area (Å²) in [6, 6.07) is 27.8. The maximum atomic E-state index is 13.4. The highest BCUT2D eigenvalue weighted by Crippen LogP contribution is 2.39. The number of benzene rings is 3. The molecule has 1 aliphatic heterocycles. The van der Waals surface area contributed by atoms with Crippen molar-refractivity contribution in [1.29, 1.82) is 0 Å². The number of para-hydroxylation sites is 2. The van der Waals surface area contributed by atoms with E-state index in [2.05, 4.69) is 46.8 Å². The molecule has 0 radical (unpaired) electrons. The minimum atomic E-state index is -0.170. The molecule has 1 aromatic heterocycles. The molecule has 5 rings (SSSR count). The number of fused-ring (bicyclic) bond motifs is 3. The van der Waals surface area contributed by atoms with Gasteiger partial charge in [-0.05, 0) is 50.1 Å². The van der Waals surface area contributed by atoms with Gasteiger partial charge in [-0.2, -0.15) is 0 Å². The third-order valence-electron chi connectivity index (χ3n) is 5.72. The van der Waals surface area contributed by atoms with Crippen LogP contribution in [-0.2, 0) is 16.8 Å². The molecule has 0 aliphatic carbocycles. The fraction of sp³-hybridized carbons (Fsp3) is 0.192. The van der Waals surface area contributed by atoms with Crippen molar-refractivity contribution < 1.29 is 4.79 Å². The minimum absolute atomic E-state index is 0.00114. The molecule has 0 atom stereocenters. The third-order valence-corrected chi connectivity index (χ3v) is 6.64. The minimum Gasteiger partial charge on any atom is -0.296 e. The number of rotatable bonds is 5. The van der Waals surface area contributed by atoms with Crippen LogP contribution < -0.4 is 4.90 Å². The molecular formula is C26H24N4OS. The molecule has 0 bridgehead atoms. The van der Waals surface area contributed by atoms with Crippen LogP contribution in [0.1, 0.15) is 19.4 Å². The average molecular weight is 441 g/mol. The Morgan fingerprint density at radius 1 is 0.906 bits per heavy atom. The van der Waals surface area contributed by atoms with Gasteiger partial charge in [0.05, 0.1) is 5.75 Å². The number of amides is 1. The topological polar surface area (TPSA) is 51.0 Å². The average Bonchev–Trinajstić information content (AvgIpc) is 3.25. The summed E-state index contributed by atoms with van der Waals surface area (Å²) < 4.78 is 2.18. The highest BCUT2D eigenvalue weighted by atomic mass is 32.2. The van der Waals surface area contributed by atoms with E-state index in [1.54, 1.807) is 4.90 Å². The summed E-state index contributed by atoms with van der Waals surface area (Å²) >= 11 is 1.44. The number of hydrogen-bond donors (Lipinski definition) is 0. The zero-order valence-corrected chi connectivity index (χ0v) is 18.9. The van der Waals surface area contributed by atoms with Crippen LogP contribution in [0, 0.1) is 0 Å². The molecule has 32 heavy (non-hydrogen) atoms. The molecule has 1 aliphatic rings. The first-order valence-corrected chi connectivity index (χ1v) is 11.6. The van der Waals surface area contributed by atoms with Gasteiger partial charge in [0.1, 0.15) is 0 Å². The van der Waals surface area contributed by atoms with Gasteiger partial charge in [0.25, 0.3) is 0 Å². The van der Waals surface area contributed by atoms with Crippen molar-refractivity contribution in [3.8, 4) is 11.4 Å². The molecule has 1 amide bonds. The van der Waals surface area contributed by atoms with Crippen molar-refractivity contribution in [2.24, 2.45) is 0 Å². The maximum absolute atomic E-state index is 13.4. The van der Waals surface area contributed by atoms with E-state index >= 15 is 0 Å². The fourth-order valence-electron chi connectivity index (χ4n) is 4.30. The van der Waals surface area contributed by atoms with E-state index in [1.165, 1.54) is 17.3 Å². The lowest BCUT2D eigenvalue weighted by atomic mass is 9.87. The number of hydrogen-bond acceptors (Lipinski definition) is 4. The maximum Gasteiger partial charge on any atom is 0.242 e. The van der Waals surface area contributed by atoms with Crippen molar-refractivity contribution in [2.45, 2.75) is 31.0 Å². The quantitative estimate of drug-likeness (QED) is 0.374. The molecule has 0 unspecified atom stereocenters. The summed E-state index contributed by atoms with van der Waals surface area (Å²) in [5.41, 5.74) is 3.93. The Hall–Kier alpha value is -3.38. The van der Waals surface area contributed by atoms with Crippen LogP contribution in [0.3, 0.4) is 0 Å². The van der Waals surface area contributed by atoms with Gasteiger partial charge in [0, 0.05) is 22.5 Å². The molecule has 0 saturated heterocycles. The summed E-state index contributed by atoms with van der Waals surface area (Å²) in [4.78, 5) is 15.2. The Morgan fingerprint density at radius 3 is 2.16 bits per heavy atom. The first kappa shape index (κ1) is 20.5. The second-order valence-corrected chi connectivity index (χ2v) is 9.42. The van der Waals surface area contributed by atoms with E-state index in [0.717, 1.165) is 34.3 Å². The van der Waals surface area contributed by atoms with E-state index in [1.807, 2.05) is 66.7 Å². The largest absolute Gasteiger partial charge is 0.296 e. The molecule has 0 saturated carbocycles. The normalized spacial score (nSPS) is 13.8. The zero-order chi connectivity index (χ0) is 22.1. The molecule has 5 nitrogen and oxygen atoms in total. The predicted molar refractivity (Wildman–Crippen MR) is 129 cm³/mol. The summed E-state index contributed by atoms with van der Waals surface area (Å²) in [6.07, 6.45) is 0.899. The Bertz CT molecular complexity index is 1210. The van der Waals surface area contributed by atoms with Gasteiger partial charge in [0.2, 0.25) is 5.91 Å². The van der Waals surface area contributed by atoms with Gasteiger partial charge >= 0.3 is 0 Å². The summed E-state index contributed by atoms with van der Waals surface area (Å²) in [6.45, 7) is 4.39. The standard InChI is InChI=1S/C26H24N4OS/c1-26(2)17-19-11-9-10-16-22(19)24-27-28-25(30(24)26)32-18-23(31)29(20-12-5-3-6-13-20)21-14-7-4-8-15-21/h3-16H,17-18H2,1-2H3. The monoisotopic (exact) mass is 440 g/mol. The number of carbonyl (C=O) groups is 1. The highest BCUT2D eigenvalue weighted by Gasteiger charge is 2.34. The van der Waals surface area contributed by atoms with Crippen molar-refractivity contribution in [3.63, 3.8) is 0 Å². The second-order valence-electron chi connectivity index (χ2n) is 8.48. The van der Waals surface area contributed by atoms with Crippen LogP contribution in [0.2, 0.25) is 0 Å². The number of nitrogens with zero attached hydrogens (tertiary/aromatic N) is 4. The molecule has 0 N–H and O–H groups in total. The molecular weight excluding hydrogens is 416 g/mol. The van der Waals surface area contributed by atoms with Crippen molar-refractivity contribution >= 4 is 29.0 Å². The van der Waals surface area contributed by atoms with E-state index in [9.17, 15) is 4.79 Å². The first-order chi connectivity index (χ1) is 15.5. The van der Waals surface area contributed by atoms with E-state index in [0.29, 0.717) is 0 Å². The van der Waals surface area contributed by atoms with Crippen LogP contribution in [-0.4, -0.2) is 26.4 Å². The van der Waals surface area contributed by atoms with E-state index < -0.39 is 0 Å². The lowest BCUT2D eigenvalue weighted by molar-refractivity contribution is -0.115. The lowest BCUT2D eigenvalue weighted by Gasteiger charge is -2.34. The molecule has 160 valence electrons. The van der Waals surface area contributed by atoms with Crippen LogP contribution in [0.15, 0.2) is 90.1 Å². The van der Waals surface area contributed by atoms with Gasteiger partial charge < -0.3 is 0 Å². The van der Waals surface area contributed by atoms with Gasteiger partial charge in [-0.15, -0.1) is 10.2 Å². The fourth-order valence-corrected chi connectivity index (χ4v) is 5.25. The van der Waals surface area contributed by atoms with Crippen LogP contribution in [0.25, 0.3) is 11.4 Å². The predicted octanol–water partition coefficient (Wildman–Crippen LogP) is 5.69. The number of anilines is 2. The first-order valence-electron chi connectivity index (χ1n) is 10.6. The number of thioether (sulfide) groups is 1. The van der Waals surface area contributed by atoms with E-state index in [-0.39, 0.29) is 17.2 Å². The molecule has 0 fully saturated rings. The summed E-state index contributed by atoms with van der Waals surface area (Å²) in [5, 5.41) is 9.75. The second kappa shape index (κ2) is 8.28. The molecule has 6 heteroatoms. The molecule has 0 spiro atoms. The van der Waals surface area contributed by atoms with Crippen LogP contribution in [0.5, 0.6) is 0 Å². The molecule has 3 aromatic carbocycles. The Balaban J connectivity index is 1.44. The SMILES string of the molecule is CC1(C)Cc2ccccc2-c2nnc(SCC(=O)N(c3ccccc3)c3ccccc3)n21. The van der Waals surface area contributed by atoms with Gasteiger partial charge in [0.15, 0.2) is 11.0 Å². The van der Waals surface area contributed by atoms with Crippen molar-refractivity contribution in [2.75, 3.05) is 10.7 Å². The smallest absolute Gasteiger partial charge is 0.242 e. The van der Waals surface area contributed by atoms with Crippen LogP contribution >= 0.6 is 11.8 Å². The zero-order valence-electron chi connectivity index (χ0n) is 18.1. The van der Waals surface area contributed by atoms with Crippen LogP contribution in [0.4, 0.5) is 11.4 Å². The van der Waals surface area contributed by atoms with Gasteiger partial charge in [-0.25, -0.2) is 0 Å². The Morgan fingerprint density at radius 2 is 1.50 bits per heavy atom. The highest BCUT2D eigenvalue weighted by molar-refractivity contribution is 7.99. The van der Waals surface area contributed by atoms with Crippen molar-refractivity contribution in [1.82, 2.24) is 14.8 Å². The third kappa shape index (κ3) is 3.71. The number of carbonyl (C=O) groups excluding carboxylic acids is 1. The lowest BCUT2D eigenvalue weighted by Crippen LogP contribution is -2.34. The molecule has 2 heterocycles.